The van der Waals surface area contributed by atoms with Crippen molar-refractivity contribution in [3.63, 3.8) is 0 Å². The number of aliphatic hydroxyl groups is 1. The fraction of sp³-hybridized carbons (Fsp3) is 0.433. The van der Waals surface area contributed by atoms with E-state index in [1.54, 1.807) is 12.1 Å². The van der Waals surface area contributed by atoms with E-state index < -0.39 is 23.0 Å². The lowest BCUT2D eigenvalue weighted by Crippen LogP contribution is -2.48. The van der Waals surface area contributed by atoms with Crippen molar-refractivity contribution in [2.45, 2.75) is 38.1 Å². The van der Waals surface area contributed by atoms with Crippen LogP contribution in [0.25, 0.3) is 16.7 Å². The van der Waals surface area contributed by atoms with E-state index in [0.29, 0.717) is 44.0 Å². The summed E-state index contributed by atoms with van der Waals surface area (Å²) >= 11 is 0. The van der Waals surface area contributed by atoms with Crippen LogP contribution in [0, 0.1) is 23.5 Å². The number of fused-ring (bicyclic) bond motifs is 1. The fourth-order valence-electron chi connectivity index (χ4n) is 5.86. The second-order valence-electron chi connectivity index (χ2n) is 10.6. The molecule has 10 heteroatoms. The van der Waals surface area contributed by atoms with Gasteiger partial charge >= 0.3 is 0 Å². The zero-order valence-corrected chi connectivity index (χ0v) is 22.3. The van der Waals surface area contributed by atoms with Crippen LogP contribution in [0.2, 0.25) is 0 Å². The van der Waals surface area contributed by atoms with Crippen LogP contribution in [0.4, 0.5) is 14.6 Å². The summed E-state index contributed by atoms with van der Waals surface area (Å²) in [6.45, 7) is 5.29. The summed E-state index contributed by atoms with van der Waals surface area (Å²) in [5.41, 5.74) is -0.615. The Balaban J connectivity index is 1.48. The molecule has 8 nitrogen and oxygen atoms in total. The summed E-state index contributed by atoms with van der Waals surface area (Å²) < 4.78 is 35.5. The summed E-state index contributed by atoms with van der Waals surface area (Å²) in [6, 6.07) is 5.96. The summed E-state index contributed by atoms with van der Waals surface area (Å²) in [7, 11) is 0. The van der Waals surface area contributed by atoms with Gasteiger partial charge in [0.05, 0.1) is 36.9 Å². The van der Waals surface area contributed by atoms with Crippen molar-refractivity contribution < 1.29 is 23.4 Å². The van der Waals surface area contributed by atoms with Crippen LogP contribution < -0.4 is 15.6 Å². The van der Waals surface area contributed by atoms with Crippen LogP contribution in [-0.2, 0) is 4.74 Å². The number of benzene rings is 1. The van der Waals surface area contributed by atoms with Crippen LogP contribution in [0.5, 0.6) is 0 Å². The zero-order chi connectivity index (χ0) is 28.2. The Morgan fingerprint density at radius 2 is 2.05 bits per heavy atom. The summed E-state index contributed by atoms with van der Waals surface area (Å²) in [5.74, 6) is -0.551. The number of ether oxygens (including phenoxy) is 1. The number of allylic oxidation sites excluding steroid dienone is 1. The van der Waals surface area contributed by atoms with Gasteiger partial charge in [-0.05, 0) is 61.8 Å². The Morgan fingerprint density at radius 1 is 1.23 bits per heavy atom. The molecule has 1 amide bonds. The number of aromatic nitrogens is 2. The number of hydrogen-bond acceptors (Lipinski definition) is 6. The van der Waals surface area contributed by atoms with Gasteiger partial charge in [-0.25, -0.2) is 13.8 Å². The molecule has 3 atom stereocenters. The van der Waals surface area contributed by atoms with Gasteiger partial charge in [0, 0.05) is 25.4 Å². The van der Waals surface area contributed by atoms with Crippen molar-refractivity contribution >= 4 is 22.8 Å². The number of carbonyl (C=O) groups is 1. The number of nitrogens with zero attached hydrogens (tertiary/aromatic N) is 3. The number of aliphatic hydroxyl groups excluding tert-OH is 1. The minimum atomic E-state index is -0.863. The van der Waals surface area contributed by atoms with Crippen LogP contribution in [0.3, 0.4) is 0 Å². The van der Waals surface area contributed by atoms with E-state index >= 15 is 0 Å². The molecule has 5 rings (SSSR count). The lowest BCUT2D eigenvalue weighted by molar-refractivity contribution is 0.0723. The van der Waals surface area contributed by atoms with Gasteiger partial charge in [-0.1, -0.05) is 12.5 Å². The average molecular weight is 553 g/mol. The smallest absolute Gasteiger partial charge is 0.256 e. The van der Waals surface area contributed by atoms with Gasteiger partial charge < -0.3 is 20.1 Å². The second kappa shape index (κ2) is 12.3. The van der Waals surface area contributed by atoms with Crippen molar-refractivity contribution in [1.29, 1.82) is 0 Å². The predicted octanol–water partition coefficient (Wildman–Crippen LogP) is 3.97. The predicted molar refractivity (Wildman–Crippen MR) is 149 cm³/mol. The summed E-state index contributed by atoms with van der Waals surface area (Å²) in [4.78, 5) is 33.2. The van der Waals surface area contributed by atoms with E-state index in [2.05, 4.69) is 16.9 Å². The third-order valence-electron chi connectivity index (χ3n) is 7.97. The largest absolute Gasteiger partial charge is 0.394 e. The van der Waals surface area contributed by atoms with E-state index in [9.17, 15) is 23.5 Å². The monoisotopic (exact) mass is 552 g/mol. The Bertz CT molecular complexity index is 1460. The van der Waals surface area contributed by atoms with E-state index in [-0.39, 0.29) is 34.9 Å². The Kier molecular flexibility index (Phi) is 8.56. The zero-order valence-electron chi connectivity index (χ0n) is 22.3. The molecule has 0 radical (unpaired) electrons. The van der Waals surface area contributed by atoms with Crippen LogP contribution in [-0.4, -0.2) is 59.5 Å². The molecule has 3 aromatic rings. The summed E-state index contributed by atoms with van der Waals surface area (Å²) in [6.07, 6.45) is 8.39. The highest BCUT2D eigenvalue weighted by molar-refractivity contribution is 5.97. The van der Waals surface area contributed by atoms with E-state index in [0.717, 1.165) is 44.2 Å². The molecule has 3 heterocycles. The molecular weight excluding hydrogens is 518 g/mol. The number of halogens is 2. The van der Waals surface area contributed by atoms with E-state index in [1.165, 1.54) is 16.8 Å². The molecule has 0 spiro atoms. The maximum atomic E-state index is 15.0. The van der Waals surface area contributed by atoms with Gasteiger partial charge in [0.25, 0.3) is 5.91 Å². The molecule has 212 valence electrons. The second-order valence-corrected chi connectivity index (χ2v) is 10.6. The summed E-state index contributed by atoms with van der Waals surface area (Å²) in [5, 5.41) is 12.8. The number of carbonyl (C=O) groups excluding carboxylic acids is 1. The minimum absolute atomic E-state index is 0.0509. The first-order valence-corrected chi connectivity index (χ1v) is 13.8. The molecule has 40 heavy (non-hydrogen) atoms. The number of rotatable bonds is 9. The molecule has 2 aliphatic rings. The molecule has 0 bridgehead atoms. The molecule has 3 unspecified atom stereocenters. The first kappa shape index (κ1) is 27.9. The minimum Gasteiger partial charge on any atom is -0.394 e. The lowest BCUT2D eigenvalue weighted by Gasteiger charge is -2.35. The number of pyridine rings is 2. The first-order chi connectivity index (χ1) is 19.4. The normalized spacial score (nSPS) is 21.1. The molecule has 1 saturated heterocycles. The van der Waals surface area contributed by atoms with Crippen molar-refractivity contribution in [3.8, 4) is 5.69 Å². The van der Waals surface area contributed by atoms with Crippen LogP contribution in [0.15, 0.2) is 54.0 Å². The van der Waals surface area contributed by atoms with Gasteiger partial charge in [0.1, 0.15) is 23.0 Å². The molecule has 1 saturated carbocycles. The average Bonchev–Trinajstić information content (AvgIpc) is 3.40. The van der Waals surface area contributed by atoms with E-state index in [1.807, 2.05) is 11.0 Å². The van der Waals surface area contributed by atoms with Crippen molar-refractivity contribution in [2.24, 2.45) is 11.8 Å². The van der Waals surface area contributed by atoms with Crippen LogP contribution in [0.1, 0.15) is 42.5 Å². The van der Waals surface area contributed by atoms with Crippen molar-refractivity contribution in [2.75, 3.05) is 37.8 Å². The van der Waals surface area contributed by atoms with Gasteiger partial charge in [-0.2, -0.15) is 0 Å². The molecule has 1 aliphatic heterocycles. The SMILES string of the molecule is C=CCC1CCC(CCNC(=O)c2cn(-c3ccc(F)cc3F)c3nc(N4CCOCC4CO)ccc3c2=O)C1. The molecule has 1 aromatic carbocycles. The number of hydrogen-bond donors (Lipinski definition) is 2. The van der Waals surface area contributed by atoms with Crippen molar-refractivity contribution in [1.82, 2.24) is 14.9 Å². The topological polar surface area (TPSA) is 96.7 Å². The highest BCUT2D eigenvalue weighted by atomic mass is 19.1. The van der Waals surface area contributed by atoms with E-state index in [4.69, 9.17) is 4.74 Å². The van der Waals surface area contributed by atoms with Crippen LogP contribution >= 0.6 is 0 Å². The number of amides is 1. The van der Waals surface area contributed by atoms with Crippen molar-refractivity contribution in [3.05, 3.63) is 76.6 Å². The number of nitrogens with one attached hydrogen (secondary N) is 1. The van der Waals surface area contributed by atoms with Gasteiger partial charge in [-0.15, -0.1) is 6.58 Å². The first-order valence-electron chi connectivity index (χ1n) is 13.8. The Morgan fingerprint density at radius 3 is 2.83 bits per heavy atom. The van der Waals surface area contributed by atoms with Gasteiger partial charge in [0.2, 0.25) is 5.43 Å². The maximum Gasteiger partial charge on any atom is 0.256 e. The third kappa shape index (κ3) is 5.78. The Labute approximate surface area is 231 Å². The highest BCUT2D eigenvalue weighted by Gasteiger charge is 2.26. The molecular formula is C30H34F2N4O4. The third-order valence-corrected chi connectivity index (χ3v) is 7.97. The highest BCUT2D eigenvalue weighted by Crippen LogP contribution is 2.35. The Hall–Kier alpha value is -3.63. The standard InChI is InChI=1S/C30H34F2N4O4/c1-2-3-19-4-5-20(14-19)10-11-33-30(39)24-16-36(26-8-6-21(31)15-25(26)32)29-23(28(24)38)7-9-27(34-29)35-12-13-40-18-22(35)17-37/h2,6-9,15-16,19-20,22,37H,1,3-5,10-14,17-18H2,(H,33,39). The van der Waals surface area contributed by atoms with Gasteiger partial charge in [-0.3, -0.25) is 14.2 Å². The molecule has 2 fully saturated rings. The fourth-order valence-corrected chi connectivity index (χ4v) is 5.86. The quantitative estimate of drug-likeness (QED) is 0.390. The lowest BCUT2D eigenvalue weighted by atomic mass is 9.99. The van der Waals surface area contributed by atoms with Gasteiger partial charge in [0.15, 0.2) is 5.65 Å². The molecule has 2 N–H and O–H groups in total. The molecule has 1 aliphatic carbocycles. The molecule has 2 aromatic heterocycles. The number of anilines is 1. The maximum absolute atomic E-state index is 15.0. The number of morpholine rings is 1.